The minimum atomic E-state index is -4.31. The number of hydrogen-bond donors (Lipinski definition) is 1. The number of alkyl halides is 3. The van der Waals surface area contributed by atoms with Crippen molar-refractivity contribution < 1.29 is 13.2 Å². The maximum Gasteiger partial charge on any atom is 0.416 e. The van der Waals surface area contributed by atoms with Crippen LogP contribution in [0.4, 0.5) is 13.2 Å². The lowest BCUT2D eigenvalue weighted by Crippen LogP contribution is -2.20. The van der Waals surface area contributed by atoms with Crippen molar-refractivity contribution in [2.24, 2.45) is 4.99 Å². The molecule has 5 heteroatoms. The average molecular weight is 290 g/mol. The summed E-state index contributed by atoms with van der Waals surface area (Å²) in [5.41, 5.74) is 1.89. The zero-order valence-electron chi connectivity index (χ0n) is 11.1. The smallest absolute Gasteiger partial charge is 0.368 e. The van der Waals surface area contributed by atoms with Gasteiger partial charge in [-0.05, 0) is 23.3 Å². The minimum absolute atomic E-state index is 0.639. The summed E-state index contributed by atoms with van der Waals surface area (Å²) in [7, 11) is 0. The second kappa shape index (κ2) is 5.24. The molecule has 0 radical (unpaired) electrons. The number of aliphatic imine (C=N–C) groups is 1. The first-order valence-corrected chi connectivity index (χ1v) is 6.61. The maximum atomic E-state index is 12.6. The van der Waals surface area contributed by atoms with E-state index in [1.54, 1.807) is 0 Å². The van der Waals surface area contributed by atoms with Crippen molar-refractivity contribution in [3.8, 4) is 11.1 Å². The zero-order valence-corrected chi connectivity index (χ0v) is 11.1. The minimum Gasteiger partial charge on any atom is -0.368 e. The third kappa shape index (κ3) is 2.77. The quantitative estimate of drug-likeness (QED) is 0.895. The molecular formula is C16H13F3N2. The topological polar surface area (TPSA) is 24.4 Å². The van der Waals surface area contributed by atoms with Gasteiger partial charge in [0.25, 0.3) is 0 Å². The highest BCUT2D eigenvalue weighted by atomic mass is 19.4. The Balaban J connectivity index is 2.01. The Labute approximate surface area is 120 Å². The van der Waals surface area contributed by atoms with Gasteiger partial charge < -0.3 is 5.32 Å². The Morgan fingerprint density at radius 1 is 0.905 bits per heavy atom. The number of amidine groups is 1. The molecule has 0 spiro atoms. The Bertz CT molecular complexity index is 673. The summed E-state index contributed by atoms with van der Waals surface area (Å²) >= 11 is 0. The lowest BCUT2D eigenvalue weighted by molar-refractivity contribution is -0.137. The van der Waals surface area contributed by atoms with Crippen molar-refractivity contribution in [1.29, 1.82) is 0 Å². The van der Waals surface area contributed by atoms with E-state index >= 15 is 0 Å². The second-order valence-electron chi connectivity index (χ2n) is 4.78. The molecule has 0 unspecified atom stereocenters. The van der Waals surface area contributed by atoms with Gasteiger partial charge in [0, 0.05) is 12.1 Å². The van der Waals surface area contributed by atoms with Crippen LogP contribution in [0.25, 0.3) is 11.1 Å². The van der Waals surface area contributed by atoms with Crippen LogP contribution < -0.4 is 5.32 Å². The van der Waals surface area contributed by atoms with E-state index in [2.05, 4.69) is 10.3 Å². The summed E-state index contributed by atoms with van der Waals surface area (Å²) in [5.74, 6) is 0.797. The van der Waals surface area contributed by atoms with Gasteiger partial charge in [0.1, 0.15) is 5.84 Å². The molecule has 0 saturated heterocycles. The molecule has 2 aromatic rings. The van der Waals surface area contributed by atoms with Gasteiger partial charge in [-0.3, -0.25) is 4.99 Å². The molecule has 108 valence electrons. The molecule has 0 atom stereocenters. The molecule has 1 heterocycles. The molecule has 0 saturated carbocycles. The molecule has 21 heavy (non-hydrogen) atoms. The van der Waals surface area contributed by atoms with Crippen LogP contribution in [0, 0.1) is 0 Å². The average Bonchev–Trinajstić information content (AvgIpc) is 3.01. The Morgan fingerprint density at radius 3 is 2.14 bits per heavy atom. The standard InChI is InChI=1S/C16H13F3N2/c17-16(18,19)12-7-5-11(6-8-12)13-3-1-2-4-14(13)15-20-9-10-21-15/h1-8H,9-10H2,(H,20,21). The van der Waals surface area contributed by atoms with E-state index in [1.165, 1.54) is 12.1 Å². The number of nitrogens with one attached hydrogen (secondary N) is 1. The Morgan fingerprint density at radius 2 is 1.57 bits per heavy atom. The summed E-state index contributed by atoms with van der Waals surface area (Å²) in [6.45, 7) is 1.51. The molecule has 1 N–H and O–H groups in total. The number of benzene rings is 2. The van der Waals surface area contributed by atoms with Crippen LogP contribution in [-0.4, -0.2) is 18.9 Å². The molecular weight excluding hydrogens is 277 g/mol. The van der Waals surface area contributed by atoms with E-state index in [-0.39, 0.29) is 0 Å². The van der Waals surface area contributed by atoms with Crippen LogP contribution in [0.5, 0.6) is 0 Å². The van der Waals surface area contributed by atoms with Gasteiger partial charge in [-0.2, -0.15) is 13.2 Å². The van der Waals surface area contributed by atoms with Gasteiger partial charge in [-0.1, -0.05) is 36.4 Å². The number of halogens is 3. The highest BCUT2D eigenvalue weighted by Gasteiger charge is 2.30. The zero-order chi connectivity index (χ0) is 14.9. The SMILES string of the molecule is FC(F)(F)c1ccc(-c2ccccc2C2=NCCN2)cc1. The second-order valence-corrected chi connectivity index (χ2v) is 4.78. The van der Waals surface area contributed by atoms with Crippen LogP contribution in [0.2, 0.25) is 0 Å². The van der Waals surface area contributed by atoms with Gasteiger partial charge in [-0.25, -0.2) is 0 Å². The Hall–Kier alpha value is -2.30. The van der Waals surface area contributed by atoms with E-state index in [0.717, 1.165) is 47.7 Å². The molecule has 0 aliphatic carbocycles. The van der Waals surface area contributed by atoms with Crippen molar-refractivity contribution in [3.05, 3.63) is 59.7 Å². The van der Waals surface area contributed by atoms with Gasteiger partial charge in [-0.15, -0.1) is 0 Å². The molecule has 0 aromatic heterocycles. The largest absolute Gasteiger partial charge is 0.416 e. The highest BCUT2D eigenvalue weighted by molar-refractivity contribution is 6.05. The van der Waals surface area contributed by atoms with E-state index in [1.807, 2.05) is 24.3 Å². The summed E-state index contributed by atoms with van der Waals surface area (Å²) < 4.78 is 37.9. The molecule has 2 aromatic carbocycles. The van der Waals surface area contributed by atoms with E-state index < -0.39 is 11.7 Å². The third-order valence-corrected chi connectivity index (χ3v) is 3.38. The first kappa shape index (κ1) is 13.7. The summed E-state index contributed by atoms with van der Waals surface area (Å²) in [4.78, 5) is 4.37. The molecule has 1 aliphatic heterocycles. The Kier molecular flexibility index (Phi) is 3.41. The van der Waals surface area contributed by atoms with Crippen LogP contribution in [0.1, 0.15) is 11.1 Å². The predicted molar refractivity (Wildman–Crippen MR) is 76.3 cm³/mol. The lowest BCUT2D eigenvalue weighted by Gasteiger charge is -2.12. The normalized spacial score (nSPS) is 14.7. The number of rotatable bonds is 2. The van der Waals surface area contributed by atoms with Crippen LogP contribution in [0.3, 0.4) is 0 Å². The monoisotopic (exact) mass is 290 g/mol. The van der Waals surface area contributed by atoms with Gasteiger partial charge in [0.15, 0.2) is 0 Å². The summed E-state index contributed by atoms with van der Waals surface area (Å²) in [6, 6.07) is 12.8. The fourth-order valence-electron chi connectivity index (χ4n) is 2.36. The molecule has 1 aliphatic rings. The summed E-state index contributed by atoms with van der Waals surface area (Å²) in [5, 5.41) is 3.19. The number of hydrogen-bond acceptors (Lipinski definition) is 2. The van der Waals surface area contributed by atoms with E-state index in [4.69, 9.17) is 0 Å². The molecule has 3 rings (SSSR count). The van der Waals surface area contributed by atoms with Crippen LogP contribution in [-0.2, 0) is 6.18 Å². The van der Waals surface area contributed by atoms with Crippen molar-refractivity contribution in [1.82, 2.24) is 5.32 Å². The van der Waals surface area contributed by atoms with Crippen LogP contribution >= 0.6 is 0 Å². The maximum absolute atomic E-state index is 12.6. The third-order valence-electron chi connectivity index (χ3n) is 3.38. The van der Waals surface area contributed by atoms with Gasteiger partial charge in [0.05, 0.1) is 12.1 Å². The molecule has 2 nitrogen and oxygen atoms in total. The van der Waals surface area contributed by atoms with Crippen LogP contribution in [0.15, 0.2) is 53.5 Å². The lowest BCUT2D eigenvalue weighted by atomic mass is 9.98. The van der Waals surface area contributed by atoms with E-state index in [9.17, 15) is 13.2 Å². The highest BCUT2D eigenvalue weighted by Crippen LogP contribution is 2.32. The fourth-order valence-corrected chi connectivity index (χ4v) is 2.36. The van der Waals surface area contributed by atoms with Gasteiger partial charge >= 0.3 is 6.18 Å². The van der Waals surface area contributed by atoms with Crippen molar-refractivity contribution in [3.63, 3.8) is 0 Å². The first-order valence-electron chi connectivity index (χ1n) is 6.61. The number of nitrogens with zero attached hydrogens (tertiary/aromatic N) is 1. The predicted octanol–water partition coefficient (Wildman–Crippen LogP) is 3.72. The molecule has 0 fully saturated rings. The van der Waals surface area contributed by atoms with Crippen molar-refractivity contribution in [2.45, 2.75) is 6.18 Å². The van der Waals surface area contributed by atoms with E-state index in [0.29, 0.717) is 0 Å². The van der Waals surface area contributed by atoms with Crippen molar-refractivity contribution in [2.75, 3.05) is 13.1 Å². The molecule has 0 amide bonds. The fraction of sp³-hybridized carbons (Fsp3) is 0.188. The first-order chi connectivity index (χ1) is 10.1. The van der Waals surface area contributed by atoms with Gasteiger partial charge in [0.2, 0.25) is 0 Å². The molecule has 0 bridgehead atoms. The van der Waals surface area contributed by atoms with Crippen molar-refractivity contribution >= 4 is 5.84 Å². The summed E-state index contributed by atoms with van der Waals surface area (Å²) in [6.07, 6.45) is -4.31.